The molecule has 0 saturated heterocycles. The van der Waals surface area contributed by atoms with Gasteiger partial charge in [0.15, 0.2) is 5.58 Å². The Hall–Kier alpha value is -3.27. The lowest BCUT2D eigenvalue weighted by molar-refractivity contribution is 0.306. The number of nitrogens with zero attached hydrogens (tertiary/aromatic N) is 1. The van der Waals surface area contributed by atoms with Crippen molar-refractivity contribution in [2.24, 2.45) is 0 Å². The highest BCUT2D eigenvalue weighted by Crippen LogP contribution is 2.29. The van der Waals surface area contributed by atoms with Gasteiger partial charge in [0.1, 0.15) is 17.9 Å². The molecule has 0 bridgehead atoms. The summed E-state index contributed by atoms with van der Waals surface area (Å²) in [5.41, 5.74) is 5.60. The second kappa shape index (κ2) is 8.46. The summed E-state index contributed by atoms with van der Waals surface area (Å²) in [5, 5.41) is 1.19. The lowest BCUT2D eigenvalue weighted by Gasteiger charge is -2.08. The summed E-state index contributed by atoms with van der Waals surface area (Å²) in [5.74, 6) is 1.31. The predicted molar refractivity (Wildman–Crippen MR) is 126 cm³/mol. The SMILES string of the molecule is Clc1ccc(COc2ccc(-c3nc4cc(-c5ccccc5)ccc4o3)cc2)c(Cl)c1. The normalized spacial score (nSPS) is 11.0. The summed E-state index contributed by atoms with van der Waals surface area (Å²) >= 11 is 12.1. The van der Waals surface area contributed by atoms with Crippen molar-refractivity contribution >= 4 is 34.3 Å². The van der Waals surface area contributed by atoms with Gasteiger partial charge in [0.25, 0.3) is 0 Å². The van der Waals surface area contributed by atoms with Gasteiger partial charge in [0, 0.05) is 21.2 Å². The molecule has 0 fully saturated rings. The van der Waals surface area contributed by atoms with Gasteiger partial charge in [-0.3, -0.25) is 0 Å². The minimum Gasteiger partial charge on any atom is -0.489 e. The number of fused-ring (bicyclic) bond motifs is 1. The highest BCUT2D eigenvalue weighted by Gasteiger charge is 2.10. The Bertz CT molecular complexity index is 1350. The number of hydrogen-bond acceptors (Lipinski definition) is 3. The third-order valence-electron chi connectivity index (χ3n) is 5.01. The topological polar surface area (TPSA) is 35.3 Å². The molecule has 0 N–H and O–H groups in total. The van der Waals surface area contributed by atoms with Crippen molar-refractivity contribution in [3.05, 3.63) is 107 Å². The van der Waals surface area contributed by atoms with E-state index in [9.17, 15) is 0 Å². The molecule has 31 heavy (non-hydrogen) atoms. The van der Waals surface area contributed by atoms with Crippen molar-refractivity contribution in [2.45, 2.75) is 6.61 Å². The molecule has 0 unspecified atom stereocenters. The standard InChI is InChI=1S/C26H17Cl2NO2/c27-21-10-6-20(23(28)15-21)16-30-22-11-7-18(8-12-22)26-29-24-14-19(9-13-25(24)31-26)17-4-2-1-3-5-17/h1-15H,16H2. The van der Waals surface area contributed by atoms with Crippen LogP contribution in [0.2, 0.25) is 10.0 Å². The Morgan fingerprint density at radius 1 is 0.742 bits per heavy atom. The maximum absolute atomic E-state index is 6.20. The van der Waals surface area contributed by atoms with Gasteiger partial charge in [0.2, 0.25) is 5.89 Å². The molecule has 0 aliphatic rings. The first-order valence-electron chi connectivity index (χ1n) is 9.79. The number of oxazole rings is 1. The highest BCUT2D eigenvalue weighted by molar-refractivity contribution is 6.35. The van der Waals surface area contributed by atoms with E-state index < -0.39 is 0 Å². The van der Waals surface area contributed by atoms with E-state index in [1.54, 1.807) is 12.1 Å². The lowest BCUT2D eigenvalue weighted by atomic mass is 10.1. The van der Waals surface area contributed by atoms with E-state index in [2.05, 4.69) is 17.1 Å². The van der Waals surface area contributed by atoms with E-state index in [-0.39, 0.29) is 0 Å². The number of rotatable bonds is 5. The summed E-state index contributed by atoms with van der Waals surface area (Å²) in [6, 6.07) is 29.3. The fourth-order valence-electron chi connectivity index (χ4n) is 3.35. The van der Waals surface area contributed by atoms with Gasteiger partial charge in [-0.05, 0) is 59.7 Å². The zero-order chi connectivity index (χ0) is 21.2. The van der Waals surface area contributed by atoms with Crippen LogP contribution in [0.3, 0.4) is 0 Å². The molecule has 152 valence electrons. The molecule has 1 heterocycles. The lowest BCUT2D eigenvalue weighted by Crippen LogP contribution is -1.96. The van der Waals surface area contributed by atoms with Gasteiger partial charge < -0.3 is 9.15 Å². The van der Waals surface area contributed by atoms with E-state index in [1.165, 1.54) is 0 Å². The Morgan fingerprint density at radius 3 is 2.29 bits per heavy atom. The smallest absolute Gasteiger partial charge is 0.227 e. The monoisotopic (exact) mass is 445 g/mol. The van der Waals surface area contributed by atoms with Crippen molar-refractivity contribution in [1.82, 2.24) is 4.98 Å². The van der Waals surface area contributed by atoms with Crippen LogP contribution in [0.1, 0.15) is 5.56 Å². The zero-order valence-corrected chi connectivity index (χ0v) is 17.9. The minimum atomic E-state index is 0.362. The Kier molecular flexibility index (Phi) is 5.37. The first kappa shape index (κ1) is 19.7. The van der Waals surface area contributed by atoms with E-state index in [1.807, 2.05) is 66.7 Å². The molecule has 0 radical (unpaired) electrons. The van der Waals surface area contributed by atoms with Crippen LogP contribution in [0.4, 0.5) is 0 Å². The molecule has 0 aliphatic heterocycles. The van der Waals surface area contributed by atoms with Gasteiger partial charge >= 0.3 is 0 Å². The average Bonchev–Trinajstić information content (AvgIpc) is 3.23. The van der Waals surface area contributed by atoms with Crippen LogP contribution in [0.15, 0.2) is 95.4 Å². The van der Waals surface area contributed by atoms with Crippen LogP contribution in [-0.2, 0) is 6.61 Å². The quantitative estimate of drug-likeness (QED) is 0.274. The zero-order valence-electron chi connectivity index (χ0n) is 16.4. The van der Waals surface area contributed by atoms with Crippen LogP contribution in [0.5, 0.6) is 5.75 Å². The molecular weight excluding hydrogens is 429 g/mol. The van der Waals surface area contributed by atoms with Crippen molar-refractivity contribution in [3.8, 4) is 28.3 Å². The molecule has 0 atom stereocenters. The highest BCUT2D eigenvalue weighted by atomic mass is 35.5. The Labute approximate surface area is 189 Å². The summed E-state index contributed by atoms with van der Waals surface area (Å²) in [4.78, 5) is 4.67. The molecule has 3 nitrogen and oxygen atoms in total. The van der Waals surface area contributed by atoms with E-state index in [0.717, 1.165) is 39.1 Å². The first-order chi connectivity index (χ1) is 15.2. The van der Waals surface area contributed by atoms with Crippen molar-refractivity contribution in [3.63, 3.8) is 0 Å². The van der Waals surface area contributed by atoms with Gasteiger partial charge in [-0.25, -0.2) is 4.98 Å². The molecule has 1 aromatic heterocycles. The third-order valence-corrected chi connectivity index (χ3v) is 5.59. The van der Waals surface area contributed by atoms with E-state index in [4.69, 9.17) is 32.4 Å². The second-order valence-corrected chi connectivity index (χ2v) is 7.96. The molecule has 0 amide bonds. The van der Waals surface area contributed by atoms with Crippen LogP contribution in [-0.4, -0.2) is 4.98 Å². The van der Waals surface area contributed by atoms with Crippen LogP contribution in [0, 0.1) is 0 Å². The molecule has 5 aromatic rings. The molecule has 5 rings (SSSR count). The van der Waals surface area contributed by atoms with Crippen molar-refractivity contribution in [1.29, 1.82) is 0 Å². The van der Waals surface area contributed by atoms with Crippen molar-refractivity contribution in [2.75, 3.05) is 0 Å². The number of halogens is 2. The number of hydrogen-bond donors (Lipinski definition) is 0. The van der Waals surface area contributed by atoms with Crippen molar-refractivity contribution < 1.29 is 9.15 Å². The predicted octanol–water partition coefficient (Wildman–Crippen LogP) is 8.05. The van der Waals surface area contributed by atoms with Crippen LogP contribution in [0.25, 0.3) is 33.7 Å². The molecule has 0 spiro atoms. The van der Waals surface area contributed by atoms with Gasteiger partial charge in [0.05, 0.1) is 0 Å². The summed E-state index contributed by atoms with van der Waals surface area (Å²) in [6.45, 7) is 0.362. The Balaban J connectivity index is 1.34. The fourth-order valence-corrected chi connectivity index (χ4v) is 3.82. The van der Waals surface area contributed by atoms with Gasteiger partial charge in [-0.15, -0.1) is 0 Å². The molecule has 4 aromatic carbocycles. The number of ether oxygens (including phenoxy) is 1. The number of benzene rings is 4. The average molecular weight is 446 g/mol. The fraction of sp³-hybridized carbons (Fsp3) is 0.0385. The summed E-state index contributed by atoms with van der Waals surface area (Å²) in [6.07, 6.45) is 0. The molecular formula is C26H17Cl2NO2. The largest absolute Gasteiger partial charge is 0.489 e. The molecule has 0 saturated carbocycles. The molecule has 0 aliphatic carbocycles. The molecule has 5 heteroatoms. The van der Waals surface area contributed by atoms with E-state index >= 15 is 0 Å². The summed E-state index contributed by atoms with van der Waals surface area (Å²) in [7, 11) is 0. The van der Waals surface area contributed by atoms with Gasteiger partial charge in [-0.2, -0.15) is 0 Å². The maximum Gasteiger partial charge on any atom is 0.227 e. The maximum atomic E-state index is 6.20. The second-order valence-electron chi connectivity index (χ2n) is 7.12. The first-order valence-corrected chi connectivity index (χ1v) is 10.5. The van der Waals surface area contributed by atoms with Crippen LogP contribution < -0.4 is 4.74 Å². The minimum absolute atomic E-state index is 0.362. The third kappa shape index (κ3) is 4.29. The van der Waals surface area contributed by atoms with E-state index in [0.29, 0.717) is 22.5 Å². The van der Waals surface area contributed by atoms with Crippen LogP contribution >= 0.6 is 23.2 Å². The summed E-state index contributed by atoms with van der Waals surface area (Å²) < 4.78 is 11.8. The number of aromatic nitrogens is 1. The Morgan fingerprint density at radius 2 is 1.52 bits per heavy atom. The van der Waals surface area contributed by atoms with Gasteiger partial charge in [-0.1, -0.05) is 65.7 Å².